The molecule has 90 valence electrons. The quantitative estimate of drug-likeness (QED) is 0.846. The van der Waals surface area contributed by atoms with E-state index in [1.807, 2.05) is 12.4 Å². The molecule has 0 atom stereocenters. The Balaban J connectivity index is 2.09. The Morgan fingerprint density at radius 1 is 1.31 bits per heavy atom. The van der Waals surface area contributed by atoms with E-state index in [-0.39, 0.29) is 0 Å². The van der Waals surface area contributed by atoms with Crippen molar-refractivity contribution in [2.24, 2.45) is 10.8 Å². The molecule has 3 heteroatoms. The van der Waals surface area contributed by atoms with Gasteiger partial charge in [-0.3, -0.25) is 0 Å². The van der Waals surface area contributed by atoms with Gasteiger partial charge in [0.05, 0.1) is 0 Å². The van der Waals surface area contributed by atoms with Crippen molar-refractivity contribution in [3.05, 3.63) is 12.4 Å². The second-order valence-corrected chi connectivity index (χ2v) is 5.96. The molecule has 2 rings (SSSR count). The summed E-state index contributed by atoms with van der Waals surface area (Å²) in [6, 6.07) is 0.526. The van der Waals surface area contributed by atoms with E-state index >= 15 is 0 Å². The number of aromatic nitrogens is 2. The number of imidazole rings is 1. The zero-order chi connectivity index (χ0) is 12.0. The molecule has 1 heterocycles. The Kier molecular flexibility index (Phi) is 2.52. The lowest BCUT2D eigenvalue weighted by Crippen LogP contribution is -2.14. The first-order valence-corrected chi connectivity index (χ1v) is 6.19. The highest BCUT2D eigenvalue weighted by Gasteiger charge is 2.65. The van der Waals surface area contributed by atoms with Gasteiger partial charge in [-0.05, 0) is 17.3 Å². The topological polar surface area (TPSA) is 29.9 Å². The molecule has 0 amide bonds. The summed E-state index contributed by atoms with van der Waals surface area (Å²) >= 11 is 0. The minimum Gasteiger partial charge on any atom is -0.352 e. The molecule has 0 unspecified atom stereocenters. The summed E-state index contributed by atoms with van der Waals surface area (Å²) in [5, 5.41) is 3.58. The summed E-state index contributed by atoms with van der Waals surface area (Å²) in [5.74, 6) is 1.02. The molecule has 1 N–H and O–H groups in total. The smallest absolute Gasteiger partial charge is 0.203 e. The highest BCUT2D eigenvalue weighted by atomic mass is 15.2. The second kappa shape index (κ2) is 3.51. The predicted octanol–water partition coefficient (Wildman–Crippen LogP) is 3.14. The van der Waals surface area contributed by atoms with Crippen LogP contribution < -0.4 is 5.32 Å². The molecule has 1 aromatic heterocycles. The van der Waals surface area contributed by atoms with Crippen molar-refractivity contribution in [3.8, 4) is 0 Å². The molecule has 0 saturated heterocycles. The monoisotopic (exact) mass is 221 g/mol. The highest BCUT2D eigenvalue weighted by Crippen LogP contribution is 2.63. The maximum atomic E-state index is 4.40. The summed E-state index contributed by atoms with van der Waals surface area (Å²) in [4.78, 5) is 4.40. The lowest BCUT2D eigenvalue weighted by Gasteiger charge is -2.10. The van der Waals surface area contributed by atoms with E-state index in [0.29, 0.717) is 16.9 Å². The normalized spacial score (nSPS) is 22.1. The van der Waals surface area contributed by atoms with Crippen LogP contribution in [0.2, 0.25) is 0 Å². The minimum atomic E-state index is 0.357. The first kappa shape index (κ1) is 11.5. The lowest BCUT2D eigenvalue weighted by molar-refractivity contribution is 0.457. The Labute approximate surface area is 98.3 Å². The molecule has 1 aliphatic rings. The van der Waals surface area contributed by atoms with Crippen LogP contribution in [0.1, 0.15) is 41.0 Å². The molecule has 1 fully saturated rings. The fraction of sp³-hybridized carbons (Fsp3) is 0.769. The van der Waals surface area contributed by atoms with Gasteiger partial charge < -0.3 is 9.88 Å². The number of rotatable bonds is 4. The van der Waals surface area contributed by atoms with Crippen LogP contribution in [-0.4, -0.2) is 15.6 Å². The van der Waals surface area contributed by atoms with Crippen LogP contribution in [0.3, 0.4) is 0 Å². The third-order valence-corrected chi connectivity index (χ3v) is 4.47. The maximum Gasteiger partial charge on any atom is 0.203 e. The van der Waals surface area contributed by atoms with Crippen molar-refractivity contribution >= 4 is 5.95 Å². The van der Waals surface area contributed by atoms with Gasteiger partial charge in [-0.2, -0.15) is 0 Å². The molecule has 0 spiro atoms. The summed E-state index contributed by atoms with van der Waals surface area (Å²) in [7, 11) is 0. The van der Waals surface area contributed by atoms with Crippen molar-refractivity contribution in [2.75, 3.05) is 5.32 Å². The maximum absolute atomic E-state index is 4.40. The molecule has 3 nitrogen and oxygen atoms in total. The van der Waals surface area contributed by atoms with E-state index in [1.54, 1.807) is 0 Å². The van der Waals surface area contributed by atoms with Crippen molar-refractivity contribution in [3.63, 3.8) is 0 Å². The van der Waals surface area contributed by atoms with Crippen LogP contribution in [0.25, 0.3) is 0 Å². The van der Waals surface area contributed by atoms with Gasteiger partial charge in [-0.25, -0.2) is 4.98 Å². The third-order valence-electron chi connectivity index (χ3n) is 4.47. The third kappa shape index (κ3) is 1.53. The predicted molar refractivity (Wildman–Crippen MR) is 67.5 cm³/mol. The number of nitrogens with one attached hydrogen (secondary N) is 1. The van der Waals surface area contributed by atoms with Crippen LogP contribution in [0.4, 0.5) is 5.95 Å². The van der Waals surface area contributed by atoms with Gasteiger partial charge in [0.2, 0.25) is 5.95 Å². The standard InChI is InChI=1S/C13H23N3/c1-6-8-16-9-7-14-11(16)15-10-12(2,3)13(10,4)5/h7,9-10H,6,8H2,1-5H3,(H,14,15). The fourth-order valence-corrected chi connectivity index (χ4v) is 2.56. The molecule has 16 heavy (non-hydrogen) atoms. The highest BCUT2D eigenvalue weighted by molar-refractivity contribution is 5.37. The Morgan fingerprint density at radius 3 is 2.44 bits per heavy atom. The molecule has 0 aliphatic heterocycles. The van der Waals surface area contributed by atoms with Crippen LogP contribution >= 0.6 is 0 Å². The molecule has 1 aromatic rings. The van der Waals surface area contributed by atoms with Crippen molar-refractivity contribution in [1.82, 2.24) is 9.55 Å². The van der Waals surface area contributed by atoms with Gasteiger partial charge in [0.1, 0.15) is 0 Å². The van der Waals surface area contributed by atoms with Gasteiger partial charge in [0, 0.05) is 25.0 Å². The fourth-order valence-electron chi connectivity index (χ4n) is 2.56. The summed E-state index contributed by atoms with van der Waals surface area (Å²) in [6.45, 7) is 12.5. The van der Waals surface area contributed by atoms with E-state index in [0.717, 1.165) is 18.9 Å². The van der Waals surface area contributed by atoms with E-state index in [2.05, 4.69) is 49.5 Å². The van der Waals surface area contributed by atoms with Crippen molar-refractivity contribution in [2.45, 2.75) is 53.6 Å². The minimum absolute atomic E-state index is 0.357. The van der Waals surface area contributed by atoms with Gasteiger partial charge in [-0.1, -0.05) is 34.6 Å². The van der Waals surface area contributed by atoms with Gasteiger partial charge in [-0.15, -0.1) is 0 Å². The zero-order valence-electron chi connectivity index (χ0n) is 11.0. The van der Waals surface area contributed by atoms with E-state index in [9.17, 15) is 0 Å². The number of anilines is 1. The molecule has 1 saturated carbocycles. The van der Waals surface area contributed by atoms with E-state index in [4.69, 9.17) is 0 Å². The summed E-state index contributed by atoms with van der Waals surface area (Å²) in [6.07, 6.45) is 5.07. The molecular weight excluding hydrogens is 198 g/mol. The van der Waals surface area contributed by atoms with Crippen molar-refractivity contribution in [1.29, 1.82) is 0 Å². The van der Waals surface area contributed by atoms with E-state index < -0.39 is 0 Å². The second-order valence-electron chi connectivity index (χ2n) is 5.96. The SMILES string of the molecule is CCCn1ccnc1NC1C(C)(C)C1(C)C. The molecular formula is C13H23N3. The van der Waals surface area contributed by atoms with Gasteiger partial charge >= 0.3 is 0 Å². The lowest BCUT2D eigenvalue weighted by atomic mass is 10.0. The summed E-state index contributed by atoms with van der Waals surface area (Å²) < 4.78 is 2.20. The van der Waals surface area contributed by atoms with E-state index in [1.165, 1.54) is 0 Å². The molecule has 0 aromatic carbocycles. The number of hydrogen-bond acceptors (Lipinski definition) is 2. The number of aryl methyl sites for hydroxylation is 1. The van der Waals surface area contributed by atoms with Crippen LogP contribution in [0.15, 0.2) is 12.4 Å². The Hall–Kier alpha value is -0.990. The van der Waals surface area contributed by atoms with Crippen molar-refractivity contribution < 1.29 is 0 Å². The van der Waals surface area contributed by atoms with Crippen LogP contribution in [0.5, 0.6) is 0 Å². The first-order chi connectivity index (χ1) is 7.41. The molecule has 1 aliphatic carbocycles. The molecule has 0 bridgehead atoms. The average molecular weight is 221 g/mol. The Morgan fingerprint density at radius 2 is 1.94 bits per heavy atom. The summed E-state index contributed by atoms with van der Waals surface area (Å²) in [5.41, 5.74) is 0.714. The van der Waals surface area contributed by atoms with Gasteiger partial charge in [0.25, 0.3) is 0 Å². The van der Waals surface area contributed by atoms with Crippen LogP contribution in [0, 0.1) is 10.8 Å². The number of hydrogen-bond donors (Lipinski definition) is 1. The van der Waals surface area contributed by atoms with Gasteiger partial charge in [0.15, 0.2) is 0 Å². The van der Waals surface area contributed by atoms with Crippen LogP contribution in [-0.2, 0) is 6.54 Å². The number of nitrogens with zero attached hydrogens (tertiary/aromatic N) is 2. The largest absolute Gasteiger partial charge is 0.352 e. The molecule has 0 radical (unpaired) electrons. The Bertz CT molecular complexity index is 362. The zero-order valence-corrected chi connectivity index (χ0v) is 11.0. The average Bonchev–Trinajstić information content (AvgIpc) is 2.57. The first-order valence-electron chi connectivity index (χ1n) is 6.19.